The van der Waals surface area contributed by atoms with Crippen LogP contribution < -0.4 is 4.90 Å². The van der Waals surface area contributed by atoms with Crippen molar-refractivity contribution in [2.75, 3.05) is 44.2 Å². The van der Waals surface area contributed by atoms with Crippen LogP contribution in [0.4, 0.5) is 5.82 Å². The largest absolute Gasteiger partial charge is 0.353 e. The highest BCUT2D eigenvalue weighted by atomic mass is 32.1. The molecule has 0 bridgehead atoms. The Morgan fingerprint density at radius 3 is 2.65 bits per heavy atom. The first-order chi connectivity index (χ1) is 16.4. The monoisotopic (exact) mass is 476 g/mol. The summed E-state index contributed by atoms with van der Waals surface area (Å²) in [7, 11) is 0. The van der Waals surface area contributed by atoms with Crippen molar-refractivity contribution in [3.05, 3.63) is 59.2 Å². The van der Waals surface area contributed by atoms with Crippen LogP contribution in [0, 0.1) is 0 Å². The Bertz CT molecular complexity index is 1180. The minimum absolute atomic E-state index is 0.0189. The molecule has 0 radical (unpaired) electrons. The summed E-state index contributed by atoms with van der Waals surface area (Å²) in [6.07, 6.45) is 2.03. The molecule has 0 N–H and O–H groups in total. The average Bonchev–Trinajstić information content (AvgIpc) is 3.37. The van der Waals surface area contributed by atoms with Crippen LogP contribution in [0.15, 0.2) is 42.5 Å². The number of carbonyl (C=O) groups excluding carboxylic acids is 1. The van der Waals surface area contributed by atoms with Crippen molar-refractivity contribution in [3.63, 3.8) is 0 Å². The van der Waals surface area contributed by atoms with E-state index in [4.69, 9.17) is 4.37 Å². The van der Waals surface area contributed by atoms with E-state index in [0.29, 0.717) is 0 Å². The predicted molar refractivity (Wildman–Crippen MR) is 142 cm³/mol. The van der Waals surface area contributed by atoms with Crippen molar-refractivity contribution in [2.45, 2.75) is 52.0 Å². The number of fused-ring (bicyclic) bond motifs is 2. The molecule has 2 aromatic carbocycles. The second-order valence-electron chi connectivity index (χ2n) is 10.3. The maximum Gasteiger partial charge on any atom is 0.219 e. The lowest BCUT2D eigenvalue weighted by Gasteiger charge is -2.37. The number of rotatable bonds is 6. The second kappa shape index (κ2) is 9.31. The molecule has 5 rings (SSSR count). The van der Waals surface area contributed by atoms with Gasteiger partial charge in [0, 0.05) is 63.0 Å². The second-order valence-corrected chi connectivity index (χ2v) is 11.1. The van der Waals surface area contributed by atoms with Crippen LogP contribution in [0.1, 0.15) is 44.4 Å². The molecule has 1 aromatic heterocycles. The number of benzene rings is 2. The summed E-state index contributed by atoms with van der Waals surface area (Å²) < 4.78 is 6.01. The molecule has 1 aliphatic heterocycles. The highest BCUT2D eigenvalue weighted by Gasteiger charge is 2.43. The number of hydrogen-bond acceptors (Lipinski definition) is 5. The van der Waals surface area contributed by atoms with E-state index in [9.17, 15) is 4.79 Å². The van der Waals surface area contributed by atoms with Crippen molar-refractivity contribution in [1.82, 2.24) is 14.2 Å². The zero-order chi connectivity index (χ0) is 23.9. The summed E-state index contributed by atoms with van der Waals surface area (Å²) >= 11 is 1.60. The number of nitrogens with zero attached hydrogens (tertiary/aromatic N) is 4. The van der Waals surface area contributed by atoms with Gasteiger partial charge in [-0.05, 0) is 60.1 Å². The van der Waals surface area contributed by atoms with E-state index in [-0.39, 0.29) is 17.4 Å². The van der Waals surface area contributed by atoms with Crippen molar-refractivity contribution < 1.29 is 4.79 Å². The number of hydrogen-bond donors (Lipinski definition) is 0. The number of likely N-dealkylation sites (N-methyl/N-ethyl adjacent to an activating group) is 1. The minimum atomic E-state index is -0.0189. The molecule has 6 heteroatoms. The molecule has 1 fully saturated rings. The van der Waals surface area contributed by atoms with Gasteiger partial charge in [-0.25, -0.2) is 0 Å². The molecule has 0 saturated carbocycles. The SMILES string of the molecule is CCN(C(C)=O)C1Cc2ccc(CCN3CCN(c4nsc5ccccc45)CC3)cc2C1(C)C. The molecule has 180 valence electrons. The van der Waals surface area contributed by atoms with E-state index in [1.165, 1.54) is 26.8 Å². The van der Waals surface area contributed by atoms with Gasteiger partial charge < -0.3 is 9.80 Å². The summed E-state index contributed by atoms with van der Waals surface area (Å²) in [6, 6.07) is 15.8. The number of piperazine rings is 1. The molecule has 2 aliphatic rings. The summed E-state index contributed by atoms with van der Waals surface area (Å²) in [5, 5.41) is 1.28. The van der Waals surface area contributed by atoms with Crippen molar-refractivity contribution in [2.24, 2.45) is 0 Å². The minimum Gasteiger partial charge on any atom is -0.353 e. The van der Waals surface area contributed by atoms with Gasteiger partial charge in [-0.3, -0.25) is 9.69 Å². The highest BCUT2D eigenvalue weighted by molar-refractivity contribution is 7.13. The van der Waals surface area contributed by atoms with Gasteiger partial charge in [0.1, 0.15) is 5.82 Å². The van der Waals surface area contributed by atoms with Crippen molar-refractivity contribution in [3.8, 4) is 0 Å². The Kier molecular flexibility index (Phi) is 6.38. The molecular formula is C28H36N4OS. The fourth-order valence-corrected chi connectivity index (χ4v) is 6.73. The van der Waals surface area contributed by atoms with Gasteiger partial charge in [-0.1, -0.05) is 44.2 Å². The smallest absolute Gasteiger partial charge is 0.219 e. The van der Waals surface area contributed by atoms with Gasteiger partial charge in [0.2, 0.25) is 5.91 Å². The van der Waals surface area contributed by atoms with Gasteiger partial charge in [0.05, 0.1) is 4.70 Å². The molecule has 2 heterocycles. The number of aromatic nitrogens is 1. The van der Waals surface area contributed by atoms with Crippen LogP contribution in [0.2, 0.25) is 0 Å². The van der Waals surface area contributed by atoms with Crippen LogP contribution in [-0.4, -0.2) is 65.4 Å². The lowest BCUT2D eigenvalue weighted by molar-refractivity contribution is -0.132. The van der Waals surface area contributed by atoms with Gasteiger partial charge in [0.25, 0.3) is 0 Å². The van der Waals surface area contributed by atoms with Crippen LogP contribution >= 0.6 is 11.5 Å². The molecule has 5 nitrogen and oxygen atoms in total. The lowest BCUT2D eigenvalue weighted by atomic mass is 9.81. The third-order valence-electron chi connectivity index (χ3n) is 7.98. The van der Waals surface area contributed by atoms with E-state index in [1.54, 1.807) is 18.5 Å². The standard InChI is InChI=1S/C28H36N4OS/c1-5-32(20(2)33)26-19-22-11-10-21(18-24(22)28(26,3)4)12-13-30-14-16-31(17-15-30)27-23-8-6-7-9-25(23)34-29-27/h6-11,18,26H,5,12-17,19H2,1-4H3. The third-order valence-corrected chi connectivity index (χ3v) is 8.80. The third kappa shape index (κ3) is 4.22. The predicted octanol–water partition coefficient (Wildman–Crippen LogP) is 4.73. The fourth-order valence-electron chi connectivity index (χ4n) is 5.93. The zero-order valence-electron chi connectivity index (χ0n) is 20.9. The maximum absolute atomic E-state index is 12.2. The quantitative estimate of drug-likeness (QED) is 0.516. The molecule has 1 saturated heterocycles. The molecule has 3 aromatic rings. The zero-order valence-corrected chi connectivity index (χ0v) is 21.7. The Morgan fingerprint density at radius 2 is 1.91 bits per heavy atom. The Hall–Kier alpha value is -2.44. The molecule has 1 aliphatic carbocycles. The van der Waals surface area contributed by atoms with E-state index in [0.717, 1.165) is 57.9 Å². The first-order valence-electron chi connectivity index (χ1n) is 12.6. The number of carbonyl (C=O) groups is 1. The Morgan fingerprint density at radius 1 is 1.15 bits per heavy atom. The van der Waals surface area contributed by atoms with Crippen LogP contribution in [0.5, 0.6) is 0 Å². The van der Waals surface area contributed by atoms with Crippen LogP contribution in [0.3, 0.4) is 0 Å². The fraction of sp³-hybridized carbons (Fsp3) is 0.500. The number of anilines is 1. The molecular weight excluding hydrogens is 440 g/mol. The van der Waals surface area contributed by atoms with Crippen molar-refractivity contribution >= 4 is 33.3 Å². The summed E-state index contributed by atoms with van der Waals surface area (Å²) in [4.78, 5) is 19.3. The molecule has 1 atom stereocenters. The van der Waals surface area contributed by atoms with Gasteiger partial charge in [-0.15, -0.1) is 0 Å². The van der Waals surface area contributed by atoms with Gasteiger partial charge in [-0.2, -0.15) is 4.37 Å². The maximum atomic E-state index is 12.2. The first-order valence-corrected chi connectivity index (χ1v) is 13.4. The lowest BCUT2D eigenvalue weighted by Crippen LogP contribution is -2.47. The van der Waals surface area contributed by atoms with E-state index in [1.807, 2.05) is 4.90 Å². The van der Waals surface area contributed by atoms with E-state index >= 15 is 0 Å². The first kappa shape index (κ1) is 23.3. The van der Waals surface area contributed by atoms with Crippen LogP contribution in [-0.2, 0) is 23.1 Å². The van der Waals surface area contributed by atoms with Crippen LogP contribution in [0.25, 0.3) is 10.1 Å². The molecule has 1 unspecified atom stereocenters. The number of amides is 1. The van der Waals surface area contributed by atoms with E-state index < -0.39 is 0 Å². The molecule has 0 spiro atoms. The molecule has 34 heavy (non-hydrogen) atoms. The molecule has 1 amide bonds. The topological polar surface area (TPSA) is 39.7 Å². The normalized spacial score (nSPS) is 20.0. The summed E-state index contributed by atoms with van der Waals surface area (Å²) in [5.41, 5.74) is 4.22. The van der Waals surface area contributed by atoms with Gasteiger partial charge in [0.15, 0.2) is 0 Å². The summed E-state index contributed by atoms with van der Waals surface area (Å²) in [6.45, 7) is 14.5. The van der Waals surface area contributed by atoms with E-state index in [2.05, 4.69) is 73.0 Å². The highest BCUT2D eigenvalue weighted by Crippen LogP contribution is 2.42. The summed E-state index contributed by atoms with van der Waals surface area (Å²) in [5.74, 6) is 1.33. The Labute approximate surface area is 207 Å². The van der Waals surface area contributed by atoms with Crippen molar-refractivity contribution in [1.29, 1.82) is 0 Å². The Balaban J connectivity index is 1.20. The average molecular weight is 477 g/mol. The van der Waals surface area contributed by atoms with Gasteiger partial charge >= 0.3 is 0 Å².